The summed E-state index contributed by atoms with van der Waals surface area (Å²) in [6.45, 7) is 0.789. The smallest absolute Gasteiger partial charge is 0.320 e. The van der Waals surface area contributed by atoms with Crippen molar-refractivity contribution >= 4 is 33.2 Å². The van der Waals surface area contributed by atoms with Crippen molar-refractivity contribution in [2.24, 2.45) is 0 Å². The van der Waals surface area contributed by atoms with E-state index in [4.69, 9.17) is 5.11 Å². The average Bonchev–Trinajstić information content (AvgIpc) is 2.65. The monoisotopic (exact) mass is 289 g/mol. The summed E-state index contributed by atoms with van der Waals surface area (Å²) in [5, 5.41) is 12.0. The third-order valence-electron chi connectivity index (χ3n) is 2.70. The minimum atomic E-state index is -0.740. The SMILES string of the molecule is O=C(O)C1CC(c2ccc(Br)s2)CCN1. The lowest BCUT2D eigenvalue weighted by molar-refractivity contribution is -0.140. The Morgan fingerprint density at radius 2 is 2.40 bits per heavy atom. The van der Waals surface area contributed by atoms with Gasteiger partial charge in [-0.15, -0.1) is 11.3 Å². The highest BCUT2D eigenvalue weighted by atomic mass is 79.9. The van der Waals surface area contributed by atoms with Crippen molar-refractivity contribution < 1.29 is 9.90 Å². The van der Waals surface area contributed by atoms with Crippen molar-refractivity contribution in [3.63, 3.8) is 0 Å². The first-order valence-electron chi connectivity index (χ1n) is 4.88. The van der Waals surface area contributed by atoms with Gasteiger partial charge in [-0.05, 0) is 53.4 Å². The topological polar surface area (TPSA) is 49.3 Å². The molecule has 0 bridgehead atoms. The van der Waals surface area contributed by atoms with E-state index in [1.54, 1.807) is 11.3 Å². The second-order valence-corrected chi connectivity index (χ2v) is 6.20. The van der Waals surface area contributed by atoms with Crippen molar-refractivity contribution in [3.8, 4) is 0 Å². The summed E-state index contributed by atoms with van der Waals surface area (Å²) in [5.41, 5.74) is 0. The number of hydrogen-bond acceptors (Lipinski definition) is 3. The molecule has 2 heterocycles. The predicted molar refractivity (Wildman–Crippen MR) is 63.4 cm³/mol. The van der Waals surface area contributed by atoms with Gasteiger partial charge < -0.3 is 10.4 Å². The zero-order chi connectivity index (χ0) is 10.8. The third kappa shape index (κ3) is 2.59. The molecule has 5 heteroatoms. The molecule has 1 aliphatic rings. The summed E-state index contributed by atoms with van der Waals surface area (Å²) in [7, 11) is 0. The Morgan fingerprint density at radius 3 is 3.00 bits per heavy atom. The molecule has 82 valence electrons. The van der Waals surface area contributed by atoms with E-state index in [1.807, 2.05) is 6.07 Å². The zero-order valence-electron chi connectivity index (χ0n) is 8.07. The maximum Gasteiger partial charge on any atom is 0.320 e. The van der Waals surface area contributed by atoms with Gasteiger partial charge in [0.1, 0.15) is 6.04 Å². The Hall–Kier alpha value is -0.390. The van der Waals surface area contributed by atoms with Crippen LogP contribution in [0.15, 0.2) is 15.9 Å². The maximum atomic E-state index is 10.9. The molecular weight excluding hydrogens is 278 g/mol. The number of piperidine rings is 1. The first kappa shape index (κ1) is 11.1. The summed E-state index contributed by atoms with van der Waals surface area (Å²) in [6.07, 6.45) is 1.72. The lowest BCUT2D eigenvalue weighted by Crippen LogP contribution is -2.42. The summed E-state index contributed by atoms with van der Waals surface area (Å²) in [5.74, 6) is -0.348. The quantitative estimate of drug-likeness (QED) is 0.879. The van der Waals surface area contributed by atoms with Crippen LogP contribution in [-0.4, -0.2) is 23.7 Å². The molecule has 2 unspecified atom stereocenters. The summed E-state index contributed by atoms with van der Waals surface area (Å²) in [6, 6.07) is 3.73. The van der Waals surface area contributed by atoms with Gasteiger partial charge in [0.05, 0.1) is 3.79 Å². The van der Waals surface area contributed by atoms with Crippen LogP contribution in [0.2, 0.25) is 0 Å². The highest BCUT2D eigenvalue weighted by molar-refractivity contribution is 9.11. The van der Waals surface area contributed by atoms with E-state index >= 15 is 0 Å². The van der Waals surface area contributed by atoms with Crippen molar-refractivity contribution in [1.29, 1.82) is 0 Å². The van der Waals surface area contributed by atoms with Crippen LogP contribution in [0.3, 0.4) is 0 Å². The molecule has 0 amide bonds. The number of carboxylic acid groups (broad SMARTS) is 1. The number of aliphatic carboxylic acids is 1. The molecule has 1 fully saturated rings. The van der Waals surface area contributed by atoms with Gasteiger partial charge in [0.15, 0.2) is 0 Å². The Bertz CT molecular complexity index is 366. The Morgan fingerprint density at radius 1 is 1.60 bits per heavy atom. The molecule has 15 heavy (non-hydrogen) atoms. The second kappa shape index (κ2) is 4.63. The van der Waals surface area contributed by atoms with Gasteiger partial charge in [-0.2, -0.15) is 0 Å². The summed E-state index contributed by atoms with van der Waals surface area (Å²) in [4.78, 5) is 12.2. The molecule has 1 aromatic rings. The van der Waals surface area contributed by atoms with E-state index in [1.165, 1.54) is 4.88 Å². The van der Waals surface area contributed by atoms with Gasteiger partial charge >= 0.3 is 5.97 Å². The Labute approximate surface area is 101 Å². The molecule has 1 aromatic heterocycles. The number of carboxylic acids is 1. The first-order valence-corrected chi connectivity index (χ1v) is 6.49. The van der Waals surface area contributed by atoms with E-state index in [0.717, 1.165) is 16.8 Å². The van der Waals surface area contributed by atoms with Crippen LogP contribution in [-0.2, 0) is 4.79 Å². The fourth-order valence-electron chi connectivity index (χ4n) is 1.91. The molecule has 0 aliphatic carbocycles. The molecular formula is C10H12BrNO2S. The van der Waals surface area contributed by atoms with Gasteiger partial charge in [-0.1, -0.05) is 0 Å². The van der Waals surface area contributed by atoms with Crippen molar-refractivity contribution in [2.75, 3.05) is 6.54 Å². The number of hydrogen-bond donors (Lipinski definition) is 2. The molecule has 0 saturated carbocycles. The number of rotatable bonds is 2. The van der Waals surface area contributed by atoms with E-state index < -0.39 is 5.97 Å². The van der Waals surface area contributed by atoms with Crippen LogP contribution in [0.5, 0.6) is 0 Å². The van der Waals surface area contributed by atoms with Gasteiger partial charge in [-0.3, -0.25) is 4.79 Å². The second-order valence-electron chi connectivity index (χ2n) is 3.71. The Kier molecular flexibility index (Phi) is 3.43. The predicted octanol–water partition coefficient (Wildman–Crippen LogP) is 2.43. The molecule has 2 N–H and O–H groups in total. The van der Waals surface area contributed by atoms with Gasteiger partial charge in [0.2, 0.25) is 0 Å². The fourth-order valence-corrected chi connectivity index (χ4v) is 3.48. The van der Waals surface area contributed by atoms with Crippen molar-refractivity contribution in [2.45, 2.75) is 24.8 Å². The largest absolute Gasteiger partial charge is 0.480 e. The molecule has 0 radical (unpaired) electrons. The molecule has 1 aliphatic heterocycles. The zero-order valence-corrected chi connectivity index (χ0v) is 10.5. The van der Waals surface area contributed by atoms with E-state index in [9.17, 15) is 4.79 Å². The minimum Gasteiger partial charge on any atom is -0.480 e. The normalized spacial score (nSPS) is 26.5. The average molecular weight is 290 g/mol. The third-order valence-corrected chi connectivity index (χ3v) is 4.48. The number of thiophene rings is 1. The van der Waals surface area contributed by atoms with Gasteiger partial charge in [0.25, 0.3) is 0 Å². The lowest BCUT2D eigenvalue weighted by Gasteiger charge is -2.26. The minimum absolute atomic E-state index is 0.385. The molecule has 2 atom stereocenters. The van der Waals surface area contributed by atoms with Crippen LogP contribution in [0.1, 0.15) is 23.6 Å². The van der Waals surface area contributed by atoms with E-state index in [0.29, 0.717) is 12.3 Å². The van der Waals surface area contributed by atoms with Crippen LogP contribution in [0, 0.1) is 0 Å². The lowest BCUT2D eigenvalue weighted by atomic mass is 9.91. The molecule has 2 rings (SSSR count). The van der Waals surface area contributed by atoms with Crippen molar-refractivity contribution in [1.82, 2.24) is 5.32 Å². The molecule has 0 spiro atoms. The number of halogens is 1. The van der Waals surface area contributed by atoms with Gasteiger partial charge in [0, 0.05) is 4.88 Å². The van der Waals surface area contributed by atoms with Crippen molar-refractivity contribution in [3.05, 3.63) is 20.8 Å². The van der Waals surface area contributed by atoms with E-state index in [2.05, 4.69) is 27.3 Å². The summed E-state index contributed by atoms with van der Waals surface area (Å²) < 4.78 is 1.11. The van der Waals surface area contributed by atoms with Crippen LogP contribution in [0.4, 0.5) is 0 Å². The Balaban J connectivity index is 2.07. The fraction of sp³-hybridized carbons (Fsp3) is 0.500. The highest BCUT2D eigenvalue weighted by Crippen LogP contribution is 2.34. The van der Waals surface area contributed by atoms with Gasteiger partial charge in [-0.25, -0.2) is 0 Å². The highest BCUT2D eigenvalue weighted by Gasteiger charge is 2.27. The van der Waals surface area contributed by atoms with Crippen LogP contribution < -0.4 is 5.32 Å². The summed E-state index contributed by atoms with van der Waals surface area (Å²) >= 11 is 5.13. The van der Waals surface area contributed by atoms with Crippen LogP contribution >= 0.6 is 27.3 Å². The first-order chi connectivity index (χ1) is 7.16. The number of nitrogens with one attached hydrogen (secondary N) is 1. The number of carbonyl (C=O) groups is 1. The standard InChI is InChI=1S/C10H12BrNO2S/c11-9-2-1-8(15-9)6-3-4-12-7(5-6)10(13)14/h1-2,6-7,12H,3-5H2,(H,13,14). The maximum absolute atomic E-state index is 10.9. The van der Waals surface area contributed by atoms with Crippen LogP contribution in [0.25, 0.3) is 0 Å². The molecule has 1 saturated heterocycles. The molecule has 3 nitrogen and oxygen atoms in total. The molecule has 0 aromatic carbocycles. The van der Waals surface area contributed by atoms with E-state index in [-0.39, 0.29) is 6.04 Å².